The molecule has 0 N–H and O–H groups in total. The molecule has 0 unspecified atom stereocenters. The van der Waals surface area contributed by atoms with Gasteiger partial charge in [-0.3, -0.25) is 9.69 Å². The molecule has 0 saturated carbocycles. The van der Waals surface area contributed by atoms with E-state index < -0.39 is 0 Å². The molecule has 1 aliphatic rings. The van der Waals surface area contributed by atoms with Gasteiger partial charge < -0.3 is 4.74 Å². The molecule has 6 heteroatoms. The molecule has 4 rings (SSSR count). The number of thioether (sulfide) groups is 1. The summed E-state index contributed by atoms with van der Waals surface area (Å²) in [6, 6.07) is 21.8. The minimum atomic E-state index is -0.281. The topological polar surface area (TPSA) is 29.5 Å². The zero-order chi connectivity index (χ0) is 21.8. The van der Waals surface area contributed by atoms with Gasteiger partial charge in [0.1, 0.15) is 22.5 Å². The number of ether oxygens (including phenoxy) is 1. The highest BCUT2D eigenvalue weighted by Crippen LogP contribution is 2.35. The van der Waals surface area contributed by atoms with Crippen molar-refractivity contribution >= 4 is 40.3 Å². The predicted octanol–water partition coefficient (Wildman–Crippen LogP) is 6.11. The molecule has 3 aromatic rings. The van der Waals surface area contributed by atoms with Gasteiger partial charge in [0.05, 0.1) is 11.4 Å². The lowest BCUT2D eigenvalue weighted by Crippen LogP contribution is -2.27. The maximum absolute atomic E-state index is 13.1. The summed E-state index contributed by atoms with van der Waals surface area (Å²) in [5.41, 5.74) is 3.86. The smallest absolute Gasteiger partial charge is 0.266 e. The molecule has 0 aromatic heterocycles. The lowest BCUT2D eigenvalue weighted by Gasteiger charge is -2.14. The fourth-order valence-corrected chi connectivity index (χ4v) is 4.37. The summed E-state index contributed by atoms with van der Waals surface area (Å²) in [6.07, 6.45) is 1.81. The number of rotatable bonds is 6. The summed E-state index contributed by atoms with van der Waals surface area (Å²) in [4.78, 5) is 15.2. The van der Waals surface area contributed by atoms with Crippen molar-refractivity contribution in [1.29, 1.82) is 0 Å². The molecule has 1 heterocycles. The Labute approximate surface area is 190 Å². The molecular formula is C25H20FNO2S2. The number of carbonyl (C=O) groups is 1. The molecule has 0 bridgehead atoms. The second-order valence-corrected chi connectivity index (χ2v) is 8.88. The van der Waals surface area contributed by atoms with Crippen molar-refractivity contribution in [3.63, 3.8) is 0 Å². The number of carbonyl (C=O) groups excluding carboxylic acids is 1. The highest BCUT2D eigenvalue weighted by atomic mass is 32.2. The molecule has 3 aromatic carbocycles. The summed E-state index contributed by atoms with van der Waals surface area (Å²) in [5.74, 6) is 0.261. The van der Waals surface area contributed by atoms with Gasteiger partial charge in [0.15, 0.2) is 0 Å². The van der Waals surface area contributed by atoms with E-state index in [0.29, 0.717) is 28.1 Å². The SMILES string of the molecule is Cc1ccc(CN2C(=O)/C(=C/c3ccccc3OCc3ccc(F)cc3)SC2=S)cc1. The number of benzene rings is 3. The molecule has 1 aliphatic heterocycles. The minimum absolute atomic E-state index is 0.107. The molecule has 0 spiro atoms. The van der Waals surface area contributed by atoms with Crippen LogP contribution in [-0.2, 0) is 17.9 Å². The maximum Gasteiger partial charge on any atom is 0.266 e. The van der Waals surface area contributed by atoms with Gasteiger partial charge in [-0.15, -0.1) is 0 Å². The number of aryl methyl sites for hydroxylation is 1. The summed E-state index contributed by atoms with van der Waals surface area (Å²) >= 11 is 6.76. The number of para-hydroxylation sites is 1. The van der Waals surface area contributed by atoms with Gasteiger partial charge in [-0.25, -0.2) is 4.39 Å². The van der Waals surface area contributed by atoms with Crippen LogP contribution in [0.4, 0.5) is 4.39 Å². The lowest BCUT2D eigenvalue weighted by atomic mass is 10.1. The van der Waals surface area contributed by atoms with E-state index >= 15 is 0 Å². The first kappa shape index (κ1) is 21.3. The van der Waals surface area contributed by atoms with Crippen LogP contribution in [0.15, 0.2) is 77.7 Å². The van der Waals surface area contributed by atoms with Gasteiger partial charge in [-0.1, -0.05) is 84.1 Å². The fraction of sp³-hybridized carbons (Fsp3) is 0.120. The van der Waals surface area contributed by atoms with E-state index in [4.69, 9.17) is 17.0 Å². The number of hydrogen-bond acceptors (Lipinski definition) is 4. The van der Waals surface area contributed by atoms with Crippen molar-refractivity contribution in [2.24, 2.45) is 0 Å². The molecule has 1 fully saturated rings. The van der Waals surface area contributed by atoms with Crippen LogP contribution in [0.25, 0.3) is 6.08 Å². The van der Waals surface area contributed by atoms with Gasteiger partial charge in [-0.2, -0.15) is 0 Å². The van der Waals surface area contributed by atoms with Crippen LogP contribution in [-0.4, -0.2) is 15.1 Å². The maximum atomic E-state index is 13.1. The predicted molar refractivity (Wildman–Crippen MR) is 127 cm³/mol. The van der Waals surface area contributed by atoms with Crippen LogP contribution in [0.5, 0.6) is 5.75 Å². The van der Waals surface area contributed by atoms with E-state index in [1.54, 1.807) is 17.0 Å². The molecule has 3 nitrogen and oxygen atoms in total. The Bertz CT molecular complexity index is 1140. The molecule has 1 saturated heterocycles. The summed E-state index contributed by atoms with van der Waals surface area (Å²) in [5, 5.41) is 0. The highest BCUT2D eigenvalue weighted by Gasteiger charge is 2.32. The quantitative estimate of drug-likeness (QED) is 0.335. The third-order valence-electron chi connectivity index (χ3n) is 4.85. The lowest BCUT2D eigenvalue weighted by molar-refractivity contribution is -0.122. The van der Waals surface area contributed by atoms with Gasteiger partial charge in [0, 0.05) is 5.56 Å². The minimum Gasteiger partial charge on any atom is -0.488 e. The van der Waals surface area contributed by atoms with Crippen LogP contribution >= 0.6 is 24.0 Å². The van der Waals surface area contributed by atoms with E-state index in [-0.39, 0.29) is 11.7 Å². The number of hydrogen-bond donors (Lipinski definition) is 0. The molecule has 31 heavy (non-hydrogen) atoms. The third-order valence-corrected chi connectivity index (χ3v) is 6.23. The molecule has 1 amide bonds. The van der Waals surface area contributed by atoms with Crippen LogP contribution in [0.3, 0.4) is 0 Å². The number of amides is 1. The second-order valence-electron chi connectivity index (χ2n) is 7.21. The summed E-state index contributed by atoms with van der Waals surface area (Å²) < 4.78 is 19.6. The second kappa shape index (κ2) is 9.45. The average molecular weight is 450 g/mol. The third kappa shape index (κ3) is 5.21. The van der Waals surface area contributed by atoms with E-state index in [0.717, 1.165) is 16.7 Å². The van der Waals surface area contributed by atoms with Crippen LogP contribution in [0, 0.1) is 12.7 Å². The molecule has 0 atom stereocenters. The molecule has 0 aliphatic carbocycles. The Hall–Kier alpha value is -2.96. The van der Waals surface area contributed by atoms with E-state index in [1.165, 1.54) is 29.5 Å². The zero-order valence-corrected chi connectivity index (χ0v) is 18.5. The highest BCUT2D eigenvalue weighted by molar-refractivity contribution is 8.26. The molecule has 156 valence electrons. The van der Waals surface area contributed by atoms with Crippen molar-refractivity contribution in [2.75, 3.05) is 0 Å². The van der Waals surface area contributed by atoms with Crippen molar-refractivity contribution in [3.8, 4) is 5.75 Å². The number of halogens is 1. The first-order valence-corrected chi connectivity index (χ1v) is 11.0. The van der Waals surface area contributed by atoms with Crippen molar-refractivity contribution in [1.82, 2.24) is 4.90 Å². The van der Waals surface area contributed by atoms with Gasteiger partial charge >= 0.3 is 0 Å². The largest absolute Gasteiger partial charge is 0.488 e. The Morgan fingerprint density at radius 1 is 1.00 bits per heavy atom. The van der Waals surface area contributed by atoms with Gasteiger partial charge in [0.2, 0.25) is 0 Å². The van der Waals surface area contributed by atoms with Crippen LogP contribution in [0.2, 0.25) is 0 Å². The Morgan fingerprint density at radius 3 is 2.42 bits per heavy atom. The van der Waals surface area contributed by atoms with Crippen LogP contribution in [0.1, 0.15) is 22.3 Å². The summed E-state index contributed by atoms with van der Waals surface area (Å²) in [7, 11) is 0. The molecular weight excluding hydrogens is 429 g/mol. The van der Waals surface area contributed by atoms with Gasteiger partial charge in [0.25, 0.3) is 5.91 Å². The van der Waals surface area contributed by atoms with E-state index in [1.807, 2.05) is 61.5 Å². The van der Waals surface area contributed by atoms with Crippen molar-refractivity contribution < 1.29 is 13.9 Å². The normalized spacial score (nSPS) is 15.0. The fourth-order valence-electron chi connectivity index (χ4n) is 3.13. The Morgan fingerprint density at radius 2 is 1.68 bits per heavy atom. The first-order chi connectivity index (χ1) is 15.0. The van der Waals surface area contributed by atoms with E-state index in [9.17, 15) is 9.18 Å². The zero-order valence-electron chi connectivity index (χ0n) is 16.9. The Balaban J connectivity index is 1.50. The molecule has 0 radical (unpaired) electrons. The Kier molecular flexibility index (Phi) is 6.49. The number of nitrogens with zero attached hydrogens (tertiary/aromatic N) is 1. The standard InChI is InChI=1S/C25H20FNO2S2/c1-17-6-8-18(9-7-17)15-27-24(28)23(31-25(27)30)14-20-4-2-3-5-22(20)29-16-19-10-12-21(26)13-11-19/h2-14H,15-16H2,1H3/b23-14-. The van der Waals surface area contributed by atoms with E-state index in [2.05, 4.69) is 0 Å². The summed E-state index contributed by atoms with van der Waals surface area (Å²) in [6.45, 7) is 2.78. The van der Waals surface area contributed by atoms with Crippen molar-refractivity contribution in [2.45, 2.75) is 20.1 Å². The number of thiocarbonyl (C=S) groups is 1. The average Bonchev–Trinajstić information content (AvgIpc) is 3.03. The monoisotopic (exact) mass is 449 g/mol. The first-order valence-electron chi connectivity index (χ1n) is 9.77. The van der Waals surface area contributed by atoms with Crippen molar-refractivity contribution in [3.05, 3.63) is 106 Å². The van der Waals surface area contributed by atoms with Crippen LogP contribution < -0.4 is 4.74 Å². The van der Waals surface area contributed by atoms with Gasteiger partial charge in [-0.05, 0) is 42.3 Å².